The highest BCUT2D eigenvalue weighted by Crippen LogP contribution is 2.37. The first-order valence-electron chi connectivity index (χ1n) is 12.4. The van der Waals surface area contributed by atoms with Crippen molar-refractivity contribution in [1.29, 1.82) is 0 Å². The van der Waals surface area contributed by atoms with Crippen molar-refractivity contribution in [2.45, 2.75) is 32.1 Å². The Hall–Kier alpha value is -4.18. The van der Waals surface area contributed by atoms with Gasteiger partial charge in [-0.1, -0.05) is 35.5 Å². The standard InChI is InChI=1S/C29H29N3O6S/c1-17-5-8-21(18(2)11-17)31-29-32(15-19-6-9-23-25(12-19)38-16-37-23)28(34)26(39-29)14-27(33)30-20-7-10-22(35-3)24(13-20)36-4/h5-13,26H,14-16H2,1-4H3,(H,30,33)/t26-/m0/s1. The Morgan fingerprint density at radius 3 is 2.59 bits per heavy atom. The Kier molecular flexibility index (Phi) is 7.65. The Labute approximate surface area is 231 Å². The molecule has 0 saturated carbocycles. The summed E-state index contributed by atoms with van der Waals surface area (Å²) in [6.07, 6.45) is -0.0125. The van der Waals surface area contributed by atoms with Gasteiger partial charge in [-0.25, -0.2) is 4.99 Å². The number of benzene rings is 3. The van der Waals surface area contributed by atoms with Crippen LogP contribution in [0, 0.1) is 13.8 Å². The number of carbonyl (C=O) groups is 2. The molecule has 2 aliphatic rings. The summed E-state index contributed by atoms with van der Waals surface area (Å²) < 4.78 is 21.5. The van der Waals surface area contributed by atoms with Crippen LogP contribution in [-0.4, -0.2) is 48.1 Å². The smallest absolute Gasteiger partial charge is 0.242 e. The fraction of sp³-hybridized carbons (Fsp3) is 0.276. The lowest BCUT2D eigenvalue weighted by molar-refractivity contribution is -0.128. The maximum Gasteiger partial charge on any atom is 0.242 e. The predicted molar refractivity (Wildman–Crippen MR) is 150 cm³/mol. The van der Waals surface area contributed by atoms with E-state index in [4.69, 9.17) is 23.9 Å². The van der Waals surface area contributed by atoms with Gasteiger partial charge in [-0.15, -0.1) is 0 Å². The van der Waals surface area contributed by atoms with E-state index in [0.717, 1.165) is 22.4 Å². The van der Waals surface area contributed by atoms with Crippen molar-refractivity contribution in [2.75, 3.05) is 26.3 Å². The van der Waals surface area contributed by atoms with E-state index >= 15 is 0 Å². The van der Waals surface area contributed by atoms with Gasteiger partial charge in [0.15, 0.2) is 28.2 Å². The Bertz CT molecular complexity index is 1460. The molecule has 1 saturated heterocycles. The average molecular weight is 548 g/mol. The first kappa shape index (κ1) is 26.4. The number of methoxy groups -OCH3 is 2. The molecule has 0 radical (unpaired) electrons. The third-order valence-corrected chi connectivity index (χ3v) is 7.58. The number of thioether (sulfide) groups is 1. The van der Waals surface area contributed by atoms with Gasteiger partial charge in [0.25, 0.3) is 0 Å². The summed E-state index contributed by atoms with van der Waals surface area (Å²) in [5, 5.41) is 2.79. The number of ether oxygens (including phenoxy) is 4. The van der Waals surface area contributed by atoms with Crippen molar-refractivity contribution >= 4 is 40.1 Å². The quantitative estimate of drug-likeness (QED) is 0.413. The normalized spacial score (nSPS) is 17.0. The Morgan fingerprint density at radius 2 is 1.82 bits per heavy atom. The lowest BCUT2D eigenvalue weighted by Gasteiger charge is -2.17. The zero-order valence-corrected chi connectivity index (χ0v) is 23.0. The molecule has 202 valence electrons. The van der Waals surface area contributed by atoms with Crippen LogP contribution in [0.3, 0.4) is 0 Å². The van der Waals surface area contributed by atoms with E-state index in [9.17, 15) is 9.59 Å². The van der Waals surface area contributed by atoms with Crippen LogP contribution in [0.2, 0.25) is 0 Å². The van der Waals surface area contributed by atoms with Crippen molar-refractivity contribution in [3.63, 3.8) is 0 Å². The minimum Gasteiger partial charge on any atom is -0.493 e. The largest absolute Gasteiger partial charge is 0.493 e. The molecule has 39 heavy (non-hydrogen) atoms. The van der Waals surface area contributed by atoms with Crippen molar-refractivity contribution < 1.29 is 28.5 Å². The topological polar surface area (TPSA) is 98.7 Å². The first-order chi connectivity index (χ1) is 18.8. The minimum absolute atomic E-state index is 0.0125. The van der Waals surface area contributed by atoms with Crippen molar-refractivity contribution in [3.05, 3.63) is 71.3 Å². The van der Waals surface area contributed by atoms with Gasteiger partial charge in [0, 0.05) is 18.2 Å². The number of hydrogen-bond donors (Lipinski definition) is 1. The van der Waals surface area contributed by atoms with Crippen LogP contribution in [-0.2, 0) is 16.1 Å². The third kappa shape index (κ3) is 5.80. The van der Waals surface area contributed by atoms with Crippen LogP contribution in [0.5, 0.6) is 23.0 Å². The molecule has 5 rings (SSSR count). The molecular weight excluding hydrogens is 518 g/mol. The average Bonchev–Trinajstić information content (AvgIpc) is 3.50. The molecule has 1 fully saturated rings. The Morgan fingerprint density at radius 1 is 1.03 bits per heavy atom. The van der Waals surface area contributed by atoms with Crippen molar-refractivity contribution in [2.24, 2.45) is 4.99 Å². The van der Waals surface area contributed by atoms with E-state index in [2.05, 4.69) is 11.4 Å². The highest BCUT2D eigenvalue weighted by atomic mass is 32.2. The van der Waals surface area contributed by atoms with Gasteiger partial charge in [0.2, 0.25) is 18.6 Å². The van der Waals surface area contributed by atoms with Crippen molar-refractivity contribution in [1.82, 2.24) is 4.90 Å². The molecule has 2 heterocycles. The van der Waals surface area contributed by atoms with Crippen LogP contribution >= 0.6 is 11.8 Å². The first-order valence-corrected chi connectivity index (χ1v) is 13.3. The van der Waals surface area contributed by atoms with E-state index < -0.39 is 5.25 Å². The van der Waals surface area contributed by atoms with Gasteiger partial charge in [0.05, 0.1) is 26.5 Å². The van der Waals surface area contributed by atoms with Gasteiger partial charge < -0.3 is 24.3 Å². The maximum absolute atomic E-state index is 13.6. The molecule has 3 aromatic rings. The van der Waals surface area contributed by atoms with E-state index in [1.165, 1.54) is 18.9 Å². The molecule has 2 aliphatic heterocycles. The summed E-state index contributed by atoms with van der Waals surface area (Å²) in [4.78, 5) is 33.1. The zero-order valence-electron chi connectivity index (χ0n) is 22.1. The zero-order chi connectivity index (χ0) is 27.5. The summed E-state index contributed by atoms with van der Waals surface area (Å²) >= 11 is 1.30. The number of amidine groups is 1. The van der Waals surface area contributed by atoms with Gasteiger partial charge in [-0.05, 0) is 55.3 Å². The molecule has 10 heteroatoms. The summed E-state index contributed by atoms with van der Waals surface area (Å²) in [5.74, 6) is 1.91. The van der Waals surface area contributed by atoms with Crippen molar-refractivity contribution in [3.8, 4) is 23.0 Å². The highest BCUT2D eigenvalue weighted by molar-refractivity contribution is 8.15. The number of carbonyl (C=O) groups excluding carboxylic acids is 2. The monoisotopic (exact) mass is 547 g/mol. The molecule has 0 spiro atoms. The molecule has 2 amide bonds. The van der Waals surface area contributed by atoms with Crippen LogP contribution in [0.1, 0.15) is 23.1 Å². The molecule has 0 aliphatic carbocycles. The lowest BCUT2D eigenvalue weighted by atomic mass is 10.1. The molecule has 0 bridgehead atoms. The second kappa shape index (κ2) is 11.3. The second-order valence-corrected chi connectivity index (χ2v) is 10.4. The summed E-state index contributed by atoms with van der Waals surface area (Å²) in [5.41, 5.74) is 4.34. The number of hydrogen-bond acceptors (Lipinski definition) is 8. The number of anilines is 1. The lowest BCUT2D eigenvalue weighted by Crippen LogP contribution is -2.33. The van der Waals surface area contributed by atoms with Gasteiger partial charge in [-0.3, -0.25) is 14.5 Å². The van der Waals surface area contributed by atoms with Gasteiger partial charge >= 0.3 is 0 Å². The minimum atomic E-state index is -0.622. The molecular formula is C29H29N3O6S. The Balaban J connectivity index is 1.37. The second-order valence-electron chi connectivity index (χ2n) is 9.22. The number of aryl methyl sites for hydroxylation is 2. The van der Waals surface area contributed by atoms with Crippen LogP contribution in [0.4, 0.5) is 11.4 Å². The van der Waals surface area contributed by atoms with E-state index in [0.29, 0.717) is 40.4 Å². The molecule has 0 unspecified atom stereocenters. The van der Waals surface area contributed by atoms with Crippen LogP contribution < -0.4 is 24.3 Å². The SMILES string of the molecule is COc1ccc(NC(=O)C[C@@H]2SC(=Nc3ccc(C)cc3C)N(Cc3ccc4c(c3)OCO4)C2=O)cc1OC. The number of nitrogens with one attached hydrogen (secondary N) is 1. The molecule has 9 nitrogen and oxygen atoms in total. The number of amides is 2. The predicted octanol–water partition coefficient (Wildman–Crippen LogP) is 5.21. The van der Waals surface area contributed by atoms with Gasteiger partial charge in [-0.2, -0.15) is 0 Å². The number of rotatable bonds is 8. The summed E-state index contributed by atoms with van der Waals surface area (Å²) in [6, 6.07) is 16.7. The number of nitrogens with zero attached hydrogens (tertiary/aromatic N) is 2. The van der Waals surface area contributed by atoms with E-state index in [1.807, 2.05) is 44.2 Å². The van der Waals surface area contributed by atoms with Gasteiger partial charge in [0.1, 0.15) is 5.25 Å². The molecule has 1 atom stereocenters. The van der Waals surface area contributed by atoms with E-state index in [-0.39, 0.29) is 25.0 Å². The molecule has 0 aromatic heterocycles. The van der Waals surface area contributed by atoms with E-state index in [1.54, 1.807) is 30.2 Å². The summed E-state index contributed by atoms with van der Waals surface area (Å²) in [6.45, 7) is 4.48. The van der Waals surface area contributed by atoms with Crippen LogP contribution in [0.25, 0.3) is 0 Å². The summed E-state index contributed by atoms with van der Waals surface area (Å²) in [7, 11) is 3.08. The maximum atomic E-state index is 13.6. The fourth-order valence-corrected chi connectivity index (χ4v) is 5.57. The third-order valence-electron chi connectivity index (χ3n) is 6.40. The fourth-order valence-electron chi connectivity index (χ4n) is 4.42. The number of fused-ring (bicyclic) bond motifs is 1. The molecule has 3 aromatic carbocycles. The van der Waals surface area contributed by atoms with Crippen LogP contribution in [0.15, 0.2) is 59.6 Å². The highest BCUT2D eigenvalue weighted by Gasteiger charge is 2.39. The molecule has 1 N–H and O–H groups in total. The number of aliphatic imine (C=N–C) groups is 1.